The van der Waals surface area contributed by atoms with E-state index in [0.29, 0.717) is 19.1 Å². The average molecular weight is 211 g/mol. The molecule has 4 nitrogen and oxygen atoms in total. The number of amides is 1. The van der Waals surface area contributed by atoms with Crippen LogP contribution in [0.25, 0.3) is 0 Å². The molecule has 2 rings (SSSR count). The van der Waals surface area contributed by atoms with E-state index in [1.807, 2.05) is 0 Å². The molecule has 4 heteroatoms. The molecule has 2 aliphatic heterocycles. The maximum Gasteiger partial charge on any atom is 0.136 e. The van der Waals surface area contributed by atoms with Crippen LogP contribution in [-0.4, -0.2) is 48.1 Å². The van der Waals surface area contributed by atoms with Gasteiger partial charge in [0.15, 0.2) is 0 Å². The molecule has 2 saturated heterocycles. The summed E-state index contributed by atoms with van der Waals surface area (Å²) in [5.74, 6) is 0. The van der Waals surface area contributed by atoms with Crippen molar-refractivity contribution in [3.63, 3.8) is 0 Å². The van der Waals surface area contributed by atoms with Crippen molar-refractivity contribution in [2.75, 3.05) is 26.2 Å². The van der Waals surface area contributed by atoms with Gasteiger partial charge >= 0.3 is 0 Å². The first kappa shape index (κ1) is 10.7. The van der Waals surface area contributed by atoms with Crippen molar-refractivity contribution in [3.05, 3.63) is 0 Å². The lowest BCUT2D eigenvalue weighted by molar-refractivity contribution is -0.266. The minimum atomic E-state index is -1.01. The van der Waals surface area contributed by atoms with E-state index in [1.54, 1.807) is 0 Å². The van der Waals surface area contributed by atoms with Gasteiger partial charge in [-0.15, -0.1) is 0 Å². The Morgan fingerprint density at radius 3 is 2.13 bits per heavy atom. The Hall–Kier alpha value is -0.770. The van der Waals surface area contributed by atoms with Crippen molar-refractivity contribution >= 4 is 6.09 Å². The van der Waals surface area contributed by atoms with Crippen molar-refractivity contribution in [1.29, 1.82) is 0 Å². The summed E-state index contributed by atoms with van der Waals surface area (Å²) in [7, 11) is 0. The van der Waals surface area contributed by atoms with E-state index < -0.39 is 6.09 Å². The quantitative estimate of drug-likeness (QED) is 0.626. The van der Waals surface area contributed by atoms with Gasteiger partial charge in [-0.05, 0) is 38.8 Å². The van der Waals surface area contributed by atoms with Crippen LogP contribution < -0.4 is 5.11 Å². The van der Waals surface area contributed by atoms with Crippen molar-refractivity contribution in [2.24, 2.45) is 0 Å². The molecule has 86 valence electrons. The molecule has 0 aliphatic carbocycles. The normalized spacial score (nSPS) is 25.5. The Bertz CT molecular complexity index is 219. The van der Waals surface area contributed by atoms with E-state index in [0.717, 1.165) is 12.8 Å². The molecule has 0 radical (unpaired) electrons. The summed E-state index contributed by atoms with van der Waals surface area (Å²) in [6.45, 7) is 3.72. The fourth-order valence-electron chi connectivity index (χ4n) is 2.70. The van der Waals surface area contributed by atoms with Crippen LogP contribution >= 0.6 is 0 Å². The molecular weight excluding hydrogens is 192 g/mol. The molecular formula is C11H19N2O2-. The Kier molecular flexibility index (Phi) is 3.46. The van der Waals surface area contributed by atoms with Gasteiger partial charge in [0.2, 0.25) is 0 Å². The summed E-state index contributed by atoms with van der Waals surface area (Å²) in [6.07, 6.45) is 4.92. The van der Waals surface area contributed by atoms with E-state index in [4.69, 9.17) is 0 Å². The molecule has 0 aromatic heterocycles. The van der Waals surface area contributed by atoms with E-state index >= 15 is 0 Å². The summed E-state index contributed by atoms with van der Waals surface area (Å²) in [5.41, 5.74) is 0. The molecule has 0 aromatic rings. The lowest BCUT2D eigenvalue weighted by Crippen LogP contribution is -2.51. The van der Waals surface area contributed by atoms with Crippen LogP contribution in [0.5, 0.6) is 0 Å². The maximum absolute atomic E-state index is 10.6. The van der Waals surface area contributed by atoms with Gasteiger partial charge in [0.1, 0.15) is 6.09 Å². The van der Waals surface area contributed by atoms with E-state index in [-0.39, 0.29) is 0 Å². The van der Waals surface area contributed by atoms with Gasteiger partial charge in [-0.3, -0.25) is 0 Å². The van der Waals surface area contributed by atoms with E-state index in [9.17, 15) is 9.90 Å². The van der Waals surface area contributed by atoms with Crippen LogP contribution in [0.3, 0.4) is 0 Å². The highest BCUT2D eigenvalue weighted by atomic mass is 16.4. The molecule has 0 saturated carbocycles. The second kappa shape index (κ2) is 4.84. The van der Waals surface area contributed by atoms with Gasteiger partial charge in [0.05, 0.1) is 0 Å². The third kappa shape index (κ3) is 2.62. The molecule has 15 heavy (non-hydrogen) atoms. The zero-order chi connectivity index (χ0) is 10.7. The van der Waals surface area contributed by atoms with E-state index in [1.165, 1.54) is 37.3 Å². The predicted molar refractivity (Wildman–Crippen MR) is 55.4 cm³/mol. The minimum Gasteiger partial charge on any atom is -0.530 e. The Labute approximate surface area is 90.9 Å². The second-order valence-corrected chi connectivity index (χ2v) is 4.58. The van der Waals surface area contributed by atoms with Gasteiger partial charge in [0.25, 0.3) is 0 Å². The summed E-state index contributed by atoms with van der Waals surface area (Å²) >= 11 is 0. The molecule has 2 heterocycles. The van der Waals surface area contributed by atoms with Crippen LogP contribution in [0.15, 0.2) is 0 Å². The monoisotopic (exact) mass is 211 g/mol. The standard InChI is InChI=1S/C11H20N2O2/c14-11(15)13-8-4-10(5-9-13)12-6-2-1-3-7-12/h10H,1-9H2,(H,14,15)/p-1. The highest BCUT2D eigenvalue weighted by molar-refractivity contribution is 5.62. The third-order valence-electron chi connectivity index (χ3n) is 3.63. The minimum absolute atomic E-state index is 0.612. The first-order valence-corrected chi connectivity index (χ1v) is 5.97. The summed E-state index contributed by atoms with van der Waals surface area (Å²) in [6, 6.07) is 0.612. The second-order valence-electron chi connectivity index (χ2n) is 4.58. The molecule has 2 aliphatic rings. The number of nitrogens with zero attached hydrogens (tertiary/aromatic N) is 2. The Balaban J connectivity index is 1.79. The Morgan fingerprint density at radius 1 is 1.00 bits per heavy atom. The van der Waals surface area contributed by atoms with E-state index in [2.05, 4.69) is 4.90 Å². The average Bonchev–Trinajstić information content (AvgIpc) is 2.30. The fourth-order valence-corrected chi connectivity index (χ4v) is 2.70. The largest absolute Gasteiger partial charge is 0.530 e. The predicted octanol–water partition coefficient (Wildman–Crippen LogP) is 0.280. The molecule has 0 unspecified atom stereocenters. The topological polar surface area (TPSA) is 46.6 Å². The highest BCUT2D eigenvalue weighted by Crippen LogP contribution is 2.20. The number of likely N-dealkylation sites (tertiary alicyclic amines) is 2. The van der Waals surface area contributed by atoms with Crippen molar-refractivity contribution < 1.29 is 9.90 Å². The number of carbonyl (C=O) groups is 1. The summed E-state index contributed by atoms with van der Waals surface area (Å²) < 4.78 is 0. The fraction of sp³-hybridized carbons (Fsp3) is 0.909. The van der Waals surface area contributed by atoms with Gasteiger partial charge in [-0.2, -0.15) is 0 Å². The molecule has 0 N–H and O–H groups in total. The highest BCUT2D eigenvalue weighted by Gasteiger charge is 2.25. The summed E-state index contributed by atoms with van der Waals surface area (Å²) in [4.78, 5) is 14.6. The van der Waals surface area contributed by atoms with Gasteiger partial charge < -0.3 is 19.7 Å². The van der Waals surface area contributed by atoms with Crippen LogP contribution in [0, 0.1) is 0 Å². The number of hydrogen-bond donors (Lipinski definition) is 0. The smallest absolute Gasteiger partial charge is 0.136 e. The van der Waals surface area contributed by atoms with Gasteiger partial charge in [-0.25, -0.2) is 0 Å². The lowest BCUT2D eigenvalue weighted by atomic mass is 10.0. The zero-order valence-corrected chi connectivity index (χ0v) is 9.15. The summed E-state index contributed by atoms with van der Waals surface area (Å²) in [5, 5.41) is 10.6. The molecule has 0 bridgehead atoms. The Morgan fingerprint density at radius 2 is 1.60 bits per heavy atom. The van der Waals surface area contributed by atoms with Crippen LogP contribution in [0.4, 0.5) is 4.79 Å². The first-order chi connectivity index (χ1) is 7.27. The SMILES string of the molecule is O=C([O-])N1CCC(N2CCCCC2)CC1. The lowest BCUT2D eigenvalue weighted by Gasteiger charge is -2.40. The molecule has 0 atom stereocenters. The molecule has 2 fully saturated rings. The maximum atomic E-state index is 10.6. The number of carboxylic acid groups (broad SMARTS) is 1. The first-order valence-electron chi connectivity index (χ1n) is 5.97. The number of piperidine rings is 2. The zero-order valence-electron chi connectivity index (χ0n) is 9.15. The number of hydrogen-bond acceptors (Lipinski definition) is 3. The van der Waals surface area contributed by atoms with Crippen molar-refractivity contribution in [2.45, 2.75) is 38.1 Å². The van der Waals surface area contributed by atoms with Gasteiger partial charge in [-0.1, -0.05) is 6.42 Å². The van der Waals surface area contributed by atoms with Crippen molar-refractivity contribution in [3.8, 4) is 0 Å². The number of rotatable bonds is 1. The number of carbonyl (C=O) groups excluding carboxylic acids is 1. The molecule has 0 spiro atoms. The van der Waals surface area contributed by atoms with Crippen LogP contribution in [0.2, 0.25) is 0 Å². The van der Waals surface area contributed by atoms with Crippen molar-refractivity contribution in [1.82, 2.24) is 9.80 Å². The molecule has 0 aromatic carbocycles. The van der Waals surface area contributed by atoms with Gasteiger partial charge in [0, 0.05) is 19.1 Å². The van der Waals surface area contributed by atoms with Crippen LogP contribution in [-0.2, 0) is 0 Å². The van der Waals surface area contributed by atoms with Crippen LogP contribution in [0.1, 0.15) is 32.1 Å². The molecule has 1 amide bonds. The third-order valence-corrected chi connectivity index (χ3v) is 3.63.